The van der Waals surface area contributed by atoms with Gasteiger partial charge in [-0.15, -0.1) is 0 Å². The van der Waals surface area contributed by atoms with Crippen molar-refractivity contribution in [1.29, 1.82) is 0 Å². The number of likely N-dealkylation sites (N-methyl/N-ethyl adjacent to an activating group) is 1. The van der Waals surface area contributed by atoms with Crippen LogP contribution in [0, 0.1) is 30.6 Å². The Bertz CT molecular complexity index is 2070. The third kappa shape index (κ3) is 8.91. The molecule has 322 valence electrons. The number of allylic oxidation sites excluding steroid dienone is 2. The maximum Gasteiger partial charge on any atom is 0.312 e. The third-order valence-electron chi connectivity index (χ3n) is 11.9. The zero-order chi connectivity index (χ0) is 43.7. The lowest BCUT2D eigenvalue weighted by atomic mass is 9.78. The predicted octanol–water partition coefficient (Wildman–Crippen LogP) is 4.34. The first kappa shape index (κ1) is 44.9. The first-order chi connectivity index (χ1) is 27.7. The average Bonchev–Trinajstić information content (AvgIpc) is 3.46. The lowest BCUT2D eigenvalue weighted by Gasteiger charge is -2.38. The number of rotatable bonds is 4. The summed E-state index contributed by atoms with van der Waals surface area (Å²) in [5, 5.41) is 66.8. The highest BCUT2D eigenvalue weighted by Gasteiger charge is 2.50. The van der Waals surface area contributed by atoms with Crippen molar-refractivity contribution in [2.75, 3.05) is 45.7 Å². The van der Waals surface area contributed by atoms with Crippen LogP contribution in [0.5, 0.6) is 23.0 Å². The van der Waals surface area contributed by atoms with Gasteiger partial charge in [0.2, 0.25) is 0 Å². The molecule has 0 aromatic heterocycles. The number of piperazine rings is 1. The van der Waals surface area contributed by atoms with Gasteiger partial charge in [-0.25, -0.2) is 0 Å². The Morgan fingerprint density at radius 2 is 1.61 bits per heavy atom. The summed E-state index contributed by atoms with van der Waals surface area (Å²) in [6, 6.07) is 0. The number of hydrazone groups is 1. The molecule has 0 spiro atoms. The van der Waals surface area contributed by atoms with E-state index in [-0.39, 0.29) is 44.5 Å². The summed E-state index contributed by atoms with van der Waals surface area (Å²) >= 11 is 0. The van der Waals surface area contributed by atoms with E-state index in [9.17, 15) is 39.9 Å². The van der Waals surface area contributed by atoms with Crippen molar-refractivity contribution >= 4 is 40.3 Å². The van der Waals surface area contributed by atoms with Gasteiger partial charge in [0.05, 0.1) is 53.0 Å². The largest absolute Gasteiger partial charge is 0.507 e. The van der Waals surface area contributed by atoms with Crippen LogP contribution in [0.25, 0.3) is 10.8 Å². The van der Waals surface area contributed by atoms with E-state index in [4.69, 9.17) is 18.9 Å². The monoisotopic (exact) mass is 822 g/mol. The topological polar surface area (TPSA) is 220 Å². The van der Waals surface area contributed by atoms with Crippen LogP contribution in [0.15, 0.2) is 41.2 Å². The number of hydrogen-bond acceptors (Lipinski definition) is 15. The summed E-state index contributed by atoms with van der Waals surface area (Å²) in [7, 11) is 3.42. The Kier molecular flexibility index (Phi) is 13.7. The molecule has 1 unspecified atom stereocenters. The number of amides is 1. The Hall–Kier alpha value is -5.16. The number of nitrogens with zero attached hydrogens (tertiary/aromatic N) is 3. The molecule has 6 N–H and O–H groups in total. The third-order valence-corrected chi connectivity index (χ3v) is 11.9. The Balaban J connectivity index is 1.70. The van der Waals surface area contributed by atoms with Crippen LogP contribution in [0.3, 0.4) is 0 Å². The maximum absolute atomic E-state index is 14.4. The molecule has 2 aromatic rings. The van der Waals surface area contributed by atoms with Crippen LogP contribution < -0.4 is 10.1 Å². The van der Waals surface area contributed by atoms with Crippen LogP contribution in [0.2, 0.25) is 0 Å². The maximum atomic E-state index is 14.4. The van der Waals surface area contributed by atoms with E-state index < -0.39 is 88.8 Å². The number of esters is 1. The quantitative estimate of drug-likeness (QED) is 0.109. The molecular formula is C43H58N4O12. The van der Waals surface area contributed by atoms with Crippen molar-refractivity contribution in [1.82, 2.24) is 9.91 Å². The number of phenolic OH excluding ortho intramolecular Hbond substituents is 3. The van der Waals surface area contributed by atoms with Gasteiger partial charge in [-0.2, -0.15) is 5.10 Å². The van der Waals surface area contributed by atoms with Gasteiger partial charge >= 0.3 is 11.8 Å². The number of ether oxygens (including phenoxy) is 4. The number of hydrogen-bond donors (Lipinski definition) is 6. The van der Waals surface area contributed by atoms with Gasteiger partial charge < -0.3 is 54.7 Å². The first-order valence-corrected chi connectivity index (χ1v) is 19.8. The highest BCUT2D eigenvalue weighted by Crippen LogP contribution is 2.55. The van der Waals surface area contributed by atoms with E-state index in [0.29, 0.717) is 13.1 Å². The molecule has 4 aliphatic rings. The summed E-state index contributed by atoms with van der Waals surface area (Å²) < 4.78 is 23.6. The average molecular weight is 823 g/mol. The molecule has 5 bridgehead atoms. The fourth-order valence-electron chi connectivity index (χ4n) is 7.92. The number of phenols is 3. The summed E-state index contributed by atoms with van der Waals surface area (Å²) in [5.74, 6) is -8.34. The van der Waals surface area contributed by atoms with Gasteiger partial charge in [-0.1, -0.05) is 45.9 Å². The second-order valence-electron chi connectivity index (χ2n) is 16.1. The summed E-state index contributed by atoms with van der Waals surface area (Å²) in [5.41, 5.74) is -0.350. The van der Waals surface area contributed by atoms with Crippen molar-refractivity contribution in [2.45, 2.75) is 85.6 Å². The number of nitrogens with one attached hydrogen (secondary N) is 1. The Morgan fingerprint density at radius 3 is 2.24 bits per heavy atom. The molecule has 59 heavy (non-hydrogen) atoms. The number of anilines is 1. The van der Waals surface area contributed by atoms with Crippen molar-refractivity contribution in [3.63, 3.8) is 0 Å². The summed E-state index contributed by atoms with van der Waals surface area (Å²) in [6.07, 6.45) is 4.86. The summed E-state index contributed by atoms with van der Waals surface area (Å²) in [4.78, 5) is 42.6. The van der Waals surface area contributed by atoms with E-state index in [1.54, 1.807) is 44.9 Å². The highest BCUT2D eigenvalue weighted by molar-refractivity contribution is 6.23. The van der Waals surface area contributed by atoms with E-state index >= 15 is 0 Å². The molecular weight excluding hydrogens is 764 g/mol. The zero-order valence-electron chi connectivity index (χ0n) is 35.3. The molecule has 6 rings (SSSR count). The van der Waals surface area contributed by atoms with Crippen LogP contribution in [-0.4, -0.2) is 130 Å². The van der Waals surface area contributed by atoms with Crippen molar-refractivity contribution in [3.8, 4) is 23.0 Å². The first-order valence-electron chi connectivity index (χ1n) is 19.8. The van der Waals surface area contributed by atoms with Gasteiger partial charge in [0, 0.05) is 87.3 Å². The molecule has 0 aliphatic carbocycles. The van der Waals surface area contributed by atoms with Crippen LogP contribution in [0.1, 0.15) is 70.0 Å². The molecule has 16 heteroatoms. The smallest absolute Gasteiger partial charge is 0.312 e. The normalized spacial score (nSPS) is 32.1. The fourth-order valence-corrected chi connectivity index (χ4v) is 7.92. The molecule has 1 fully saturated rings. The van der Waals surface area contributed by atoms with E-state index in [1.807, 2.05) is 7.05 Å². The minimum atomic E-state index is -2.04. The minimum absolute atomic E-state index is 0.0559. The number of ketones is 1. The molecule has 1 saturated heterocycles. The number of aromatic hydroxyl groups is 3. The molecule has 4 aliphatic heterocycles. The van der Waals surface area contributed by atoms with E-state index in [1.165, 1.54) is 59.4 Å². The standard InChI is InChI=1S/C43H58N4O12/c1-21-12-11-13-22(2)42(55)45-33-28(20-44-47-17-15-46(9)16-18-47)37(52)30-31(38(33)53)36(51)26(6)40-32(30)41(54)43(8,59-40)57-19-14-29(56-10)23(3)39(58-27(7)48)25(5)35(50)24(4)34(21)49/h11-14,19-21,23-25,29,34-35,39,49-53H,15-18H2,1-10H3,(H,45,55)/b12-11+,19-14+,22-13-,44-20?/t21-,23+,24+,25+,29-,34-,35+,39+,43?/m0/s1. The summed E-state index contributed by atoms with van der Waals surface area (Å²) in [6.45, 7) is 15.1. The number of fused-ring (bicyclic) bond motifs is 14. The van der Waals surface area contributed by atoms with Crippen molar-refractivity contribution in [3.05, 3.63) is 52.8 Å². The number of carbonyl (C=O) groups excluding carboxylic acids is 3. The number of benzene rings is 2. The minimum Gasteiger partial charge on any atom is -0.507 e. The highest BCUT2D eigenvalue weighted by atomic mass is 16.7. The molecule has 4 heterocycles. The molecule has 1 amide bonds. The lowest BCUT2D eigenvalue weighted by Crippen LogP contribution is -2.46. The molecule has 9 atom stereocenters. The van der Waals surface area contributed by atoms with Crippen molar-refractivity contribution in [2.24, 2.45) is 28.8 Å². The second-order valence-corrected chi connectivity index (χ2v) is 16.1. The molecule has 16 nitrogen and oxygen atoms in total. The van der Waals surface area contributed by atoms with Gasteiger partial charge in [-0.05, 0) is 27.0 Å². The zero-order valence-corrected chi connectivity index (χ0v) is 35.3. The van der Waals surface area contributed by atoms with Crippen LogP contribution in [-0.2, 0) is 23.8 Å². The SMILES string of the molecule is CO[C@H]1/C=C/OC2(C)Oc3c(C)c(O)c4c(O)c(c(C=NN5CCN(C)CC5)c(O)c4c3C2=O)NC(=O)/C(C)=C\C=C\[C@H](C)[C@H](O)[C@@H](C)[C@@H](O)[C@@H](C)[C@H](OC(C)=O)[C@@H]1C. The number of aliphatic hydroxyl groups is 2. The second kappa shape index (κ2) is 18.0. The van der Waals surface area contributed by atoms with E-state index in [2.05, 4.69) is 15.3 Å². The van der Waals surface area contributed by atoms with Gasteiger partial charge in [0.25, 0.3) is 11.7 Å². The van der Waals surface area contributed by atoms with Gasteiger partial charge in [-0.3, -0.25) is 19.4 Å². The molecule has 0 saturated carbocycles. The van der Waals surface area contributed by atoms with Crippen LogP contribution in [0.4, 0.5) is 5.69 Å². The molecule has 0 radical (unpaired) electrons. The number of carbonyl (C=O) groups is 3. The van der Waals surface area contributed by atoms with Crippen LogP contribution >= 0.6 is 0 Å². The predicted molar refractivity (Wildman–Crippen MR) is 220 cm³/mol. The number of Topliss-reactive ketones (excluding diaryl/α,β-unsaturated/α-hetero) is 1. The lowest BCUT2D eigenvalue weighted by molar-refractivity contribution is -0.160. The number of methoxy groups -OCH3 is 1. The van der Waals surface area contributed by atoms with E-state index in [0.717, 1.165) is 13.1 Å². The Morgan fingerprint density at radius 1 is 0.949 bits per heavy atom. The van der Waals surface area contributed by atoms with Gasteiger partial charge in [0.1, 0.15) is 23.4 Å². The van der Waals surface area contributed by atoms with Gasteiger partial charge in [0.15, 0.2) is 5.75 Å². The number of aliphatic hydroxyl groups excluding tert-OH is 2. The Labute approximate surface area is 344 Å². The molecule has 2 aromatic carbocycles. The fraction of sp³-hybridized carbons (Fsp3) is 0.535. The van der Waals surface area contributed by atoms with Crippen molar-refractivity contribution < 1.29 is 58.9 Å².